The van der Waals surface area contributed by atoms with Crippen LogP contribution in [-0.2, 0) is 14.8 Å². The number of nitrogens with one attached hydrogen (secondary N) is 2. The van der Waals surface area contributed by atoms with Gasteiger partial charge in [-0.25, -0.2) is 13.2 Å². The Balaban J connectivity index is 1.79. The molecule has 1 aliphatic rings. The number of hydrogen-bond acceptors (Lipinski definition) is 4. The fourth-order valence-corrected chi connectivity index (χ4v) is 3.97. The predicted octanol–water partition coefficient (Wildman–Crippen LogP) is 1.25. The summed E-state index contributed by atoms with van der Waals surface area (Å²) < 4.78 is 31.6. The highest BCUT2D eigenvalue weighted by molar-refractivity contribution is 7.89. The number of carbonyl (C=O) groups is 1. The minimum Gasteiger partial charge on any atom is -0.373 e. The van der Waals surface area contributed by atoms with Crippen molar-refractivity contribution >= 4 is 21.7 Å². The molecule has 0 bridgehead atoms. The minimum atomic E-state index is -3.41. The topological polar surface area (TPSA) is 87.7 Å². The van der Waals surface area contributed by atoms with Crippen molar-refractivity contribution in [3.05, 3.63) is 30.3 Å². The Kier molecular flexibility index (Phi) is 5.97. The Morgan fingerprint density at radius 1 is 1.22 bits per heavy atom. The van der Waals surface area contributed by atoms with Crippen LogP contribution in [0.25, 0.3) is 0 Å². The summed E-state index contributed by atoms with van der Waals surface area (Å²) in [6.07, 6.45) is -0.245. The van der Waals surface area contributed by atoms with E-state index in [1.807, 2.05) is 19.9 Å². The molecule has 1 aliphatic heterocycles. The van der Waals surface area contributed by atoms with Gasteiger partial charge in [0.2, 0.25) is 10.0 Å². The first-order valence-electron chi connectivity index (χ1n) is 7.60. The van der Waals surface area contributed by atoms with E-state index in [0.29, 0.717) is 18.8 Å². The number of benzene rings is 1. The largest absolute Gasteiger partial charge is 0.373 e. The zero-order valence-electron chi connectivity index (χ0n) is 13.4. The van der Waals surface area contributed by atoms with E-state index >= 15 is 0 Å². The summed E-state index contributed by atoms with van der Waals surface area (Å²) in [5.74, 6) is -0.130. The molecule has 2 amide bonds. The highest BCUT2D eigenvalue weighted by atomic mass is 32.2. The number of morpholine rings is 1. The summed E-state index contributed by atoms with van der Waals surface area (Å²) >= 11 is 0. The standard InChI is InChI=1S/C15H23N3O4S/c1-12-10-18(11-13(2)22-12)23(20,21)9-8-16-15(19)17-14-6-4-3-5-7-14/h3-7,12-13H,8-11H2,1-2H3,(H2,16,17,19). The lowest BCUT2D eigenvalue weighted by Crippen LogP contribution is -2.49. The molecule has 1 heterocycles. The second-order valence-electron chi connectivity index (χ2n) is 5.64. The van der Waals surface area contributed by atoms with Gasteiger partial charge >= 0.3 is 6.03 Å². The lowest BCUT2D eigenvalue weighted by Gasteiger charge is -2.34. The van der Waals surface area contributed by atoms with Crippen molar-refractivity contribution in [3.63, 3.8) is 0 Å². The predicted molar refractivity (Wildman–Crippen MR) is 88.8 cm³/mol. The molecular weight excluding hydrogens is 318 g/mol. The summed E-state index contributed by atoms with van der Waals surface area (Å²) in [6.45, 7) is 4.46. The second-order valence-corrected chi connectivity index (χ2v) is 7.73. The van der Waals surface area contributed by atoms with Crippen LogP contribution >= 0.6 is 0 Å². The monoisotopic (exact) mass is 341 g/mol. The summed E-state index contributed by atoms with van der Waals surface area (Å²) in [4.78, 5) is 11.7. The van der Waals surface area contributed by atoms with Crippen molar-refractivity contribution < 1.29 is 17.9 Å². The molecule has 2 N–H and O–H groups in total. The molecule has 2 unspecified atom stereocenters. The highest BCUT2D eigenvalue weighted by Gasteiger charge is 2.30. The Morgan fingerprint density at radius 2 is 1.83 bits per heavy atom. The van der Waals surface area contributed by atoms with E-state index in [9.17, 15) is 13.2 Å². The molecule has 1 aromatic carbocycles. The second kappa shape index (κ2) is 7.76. The summed E-state index contributed by atoms with van der Waals surface area (Å²) in [7, 11) is -3.41. The number of amides is 2. The molecule has 1 saturated heterocycles. The van der Waals surface area contributed by atoms with Crippen LogP contribution < -0.4 is 10.6 Å². The minimum absolute atomic E-state index is 0.0567. The molecule has 0 spiro atoms. The first kappa shape index (κ1) is 17.7. The Morgan fingerprint density at radius 3 is 2.43 bits per heavy atom. The van der Waals surface area contributed by atoms with E-state index in [1.165, 1.54) is 4.31 Å². The van der Waals surface area contributed by atoms with Crippen LogP contribution in [0.1, 0.15) is 13.8 Å². The van der Waals surface area contributed by atoms with Gasteiger partial charge in [0.25, 0.3) is 0 Å². The van der Waals surface area contributed by atoms with Crippen molar-refractivity contribution in [2.24, 2.45) is 0 Å². The fourth-order valence-electron chi connectivity index (χ4n) is 2.48. The van der Waals surface area contributed by atoms with Gasteiger partial charge in [-0.15, -0.1) is 0 Å². The number of para-hydroxylation sites is 1. The Labute approximate surface area is 137 Å². The van der Waals surface area contributed by atoms with E-state index in [4.69, 9.17) is 4.74 Å². The number of hydrogen-bond donors (Lipinski definition) is 2. The first-order chi connectivity index (χ1) is 10.9. The van der Waals surface area contributed by atoms with E-state index < -0.39 is 16.1 Å². The molecule has 8 heteroatoms. The molecule has 0 saturated carbocycles. The van der Waals surface area contributed by atoms with Gasteiger partial charge in [-0.3, -0.25) is 0 Å². The SMILES string of the molecule is CC1CN(S(=O)(=O)CCNC(=O)Nc2ccccc2)CC(C)O1. The van der Waals surface area contributed by atoms with Crippen molar-refractivity contribution in [3.8, 4) is 0 Å². The van der Waals surface area contributed by atoms with Gasteiger partial charge in [0.1, 0.15) is 0 Å². The normalized spacial score (nSPS) is 22.5. The van der Waals surface area contributed by atoms with Crippen LogP contribution in [0.2, 0.25) is 0 Å². The van der Waals surface area contributed by atoms with Gasteiger partial charge in [0, 0.05) is 25.3 Å². The van der Waals surface area contributed by atoms with E-state index in [1.54, 1.807) is 24.3 Å². The molecule has 1 aromatic rings. The van der Waals surface area contributed by atoms with Gasteiger partial charge in [-0.1, -0.05) is 18.2 Å². The van der Waals surface area contributed by atoms with Crippen LogP contribution in [0.4, 0.5) is 10.5 Å². The third-order valence-electron chi connectivity index (χ3n) is 3.46. The summed E-state index contributed by atoms with van der Waals surface area (Å²) in [5.41, 5.74) is 0.656. The number of rotatable bonds is 5. The van der Waals surface area contributed by atoms with Crippen LogP contribution in [0, 0.1) is 0 Å². The molecular formula is C15H23N3O4S. The smallest absolute Gasteiger partial charge is 0.319 e. The quantitative estimate of drug-likeness (QED) is 0.844. The molecule has 23 heavy (non-hydrogen) atoms. The fraction of sp³-hybridized carbons (Fsp3) is 0.533. The number of ether oxygens (including phenoxy) is 1. The van der Waals surface area contributed by atoms with Gasteiger partial charge in [-0.05, 0) is 26.0 Å². The molecule has 2 rings (SSSR count). The molecule has 0 radical (unpaired) electrons. The molecule has 0 aromatic heterocycles. The van der Waals surface area contributed by atoms with Crippen molar-refractivity contribution in [2.75, 3.05) is 30.7 Å². The van der Waals surface area contributed by atoms with Crippen LogP contribution in [-0.4, -0.2) is 56.3 Å². The van der Waals surface area contributed by atoms with Crippen molar-refractivity contribution in [1.82, 2.24) is 9.62 Å². The van der Waals surface area contributed by atoms with E-state index in [-0.39, 0.29) is 24.5 Å². The Bertz CT molecular complexity index is 611. The lowest BCUT2D eigenvalue weighted by molar-refractivity contribution is -0.0440. The summed E-state index contributed by atoms with van der Waals surface area (Å²) in [6, 6.07) is 8.55. The van der Waals surface area contributed by atoms with Crippen LogP contribution in [0.3, 0.4) is 0 Å². The number of nitrogens with zero attached hydrogens (tertiary/aromatic N) is 1. The maximum atomic E-state index is 12.3. The van der Waals surface area contributed by atoms with E-state index in [0.717, 1.165) is 0 Å². The number of carbonyl (C=O) groups excluding carboxylic acids is 1. The maximum Gasteiger partial charge on any atom is 0.319 e. The molecule has 7 nitrogen and oxygen atoms in total. The van der Waals surface area contributed by atoms with Crippen LogP contribution in [0.5, 0.6) is 0 Å². The third kappa shape index (κ3) is 5.49. The zero-order valence-corrected chi connectivity index (χ0v) is 14.2. The number of sulfonamides is 1. The lowest BCUT2D eigenvalue weighted by atomic mass is 10.3. The number of anilines is 1. The van der Waals surface area contributed by atoms with Gasteiger partial charge in [0.05, 0.1) is 18.0 Å². The molecule has 0 aliphatic carbocycles. The average molecular weight is 341 g/mol. The van der Waals surface area contributed by atoms with E-state index in [2.05, 4.69) is 10.6 Å². The highest BCUT2D eigenvalue weighted by Crippen LogP contribution is 2.14. The van der Waals surface area contributed by atoms with Crippen molar-refractivity contribution in [2.45, 2.75) is 26.1 Å². The van der Waals surface area contributed by atoms with Crippen LogP contribution in [0.15, 0.2) is 30.3 Å². The maximum absolute atomic E-state index is 12.3. The van der Waals surface area contributed by atoms with Gasteiger partial charge in [-0.2, -0.15) is 4.31 Å². The molecule has 128 valence electrons. The van der Waals surface area contributed by atoms with Gasteiger partial charge < -0.3 is 15.4 Å². The number of urea groups is 1. The van der Waals surface area contributed by atoms with Crippen molar-refractivity contribution in [1.29, 1.82) is 0 Å². The molecule has 1 fully saturated rings. The third-order valence-corrected chi connectivity index (χ3v) is 5.26. The molecule has 2 atom stereocenters. The summed E-state index contributed by atoms with van der Waals surface area (Å²) in [5, 5.41) is 5.20. The Hall–Kier alpha value is -1.64. The average Bonchev–Trinajstić information content (AvgIpc) is 2.47. The van der Waals surface area contributed by atoms with Gasteiger partial charge in [0.15, 0.2) is 0 Å². The first-order valence-corrected chi connectivity index (χ1v) is 9.21. The zero-order chi connectivity index (χ0) is 16.9.